The van der Waals surface area contributed by atoms with Crippen molar-refractivity contribution in [2.75, 3.05) is 0 Å². The molecule has 2 unspecified atom stereocenters. The van der Waals surface area contributed by atoms with Crippen LogP contribution in [0.4, 0.5) is 0 Å². The van der Waals surface area contributed by atoms with Gasteiger partial charge in [0.05, 0.1) is 0 Å². The fourth-order valence-electron chi connectivity index (χ4n) is 2.25. The van der Waals surface area contributed by atoms with Gasteiger partial charge in [-0.05, 0) is 37.5 Å². The second-order valence-corrected chi connectivity index (χ2v) is 4.13. The lowest BCUT2D eigenvalue weighted by Crippen LogP contribution is -2.05. The number of hydrogen-bond acceptors (Lipinski definition) is 0. The minimum atomic E-state index is 0.851. The quantitative estimate of drug-likeness (QED) is 0.476. The van der Waals surface area contributed by atoms with Crippen molar-refractivity contribution >= 4 is 0 Å². The van der Waals surface area contributed by atoms with Crippen LogP contribution in [0.25, 0.3) is 0 Å². The molecule has 2 aliphatic rings. The van der Waals surface area contributed by atoms with Gasteiger partial charge in [0.1, 0.15) is 0 Å². The molecule has 0 spiro atoms. The first kappa shape index (κ1) is 8.10. The third kappa shape index (κ3) is 2.00. The Morgan fingerprint density at radius 1 is 0.750 bits per heavy atom. The summed E-state index contributed by atoms with van der Waals surface area (Å²) in [5.41, 5.74) is 0. The third-order valence-corrected chi connectivity index (χ3v) is 3.10. The van der Waals surface area contributed by atoms with E-state index in [0.717, 1.165) is 11.8 Å². The Morgan fingerprint density at radius 3 is 1.75 bits per heavy atom. The Balaban J connectivity index is 2.10. The third-order valence-electron chi connectivity index (χ3n) is 3.10. The molecule has 0 saturated carbocycles. The lowest BCUT2D eigenvalue weighted by atomic mass is 9.86. The predicted molar refractivity (Wildman–Crippen MR) is 53.0 cm³/mol. The van der Waals surface area contributed by atoms with Crippen LogP contribution >= 0.6 is 0 Å². The summed E-state index contributed by atoms with van der Waals surface area (Å²) >= 11 is 0. The fraction of sp³-hybridized carbons (Fsp3) is 0.667. The molecule has 0 heteroatoms. The van der Waals surface area contributed by atoms with Gasteiger partial charge in [0.25, 0.3) is 0 Å². The van der Waals surface area contributed by atoms with Crippen LogP contribution in [0.15, 0.2) is 24.3 Å². The molecule has 0 aliphatic heterocycles. The van der Waals surface area contributed by atoms with E-state index in [1.807, 2.05) is 0 Å². The van der Waals surface area contributed by atoms with E-state index in [4.69, 9.17) is 0 Å². The van der Waals surface area contributed by atoms with Crippen molar-refractivity contribution in [1.82, 2.24) is 0 Å². The molecule has 2 rings (SSSR count). The largest absolute Gasteiger partial charge is 0.0879 e. The Kier molecular flexibility index (Phi) is 2.65. The molecule has 0 heterocycles. The molecule has 12 heavy (non-hydrogen) atoms. The van der Waals surface area contributed by atoms with Crippen LogP contribution in [0.2, 0.25) is 0 Å². The Labute approximate surface area is 75.4 Å². The van der Waals surface area contributed by atoms with Gasteiger partial charge in [0.15, 0.2) is 0 Å². The molecular formula is C12H18. The summed E-state index contributed by atoms with van der Waals surface area (Å²) in [6.07, 6.45) is 18.0. The van der Waals surface area contributed by atoms with Crippen molar-refractivity contribution in [2.24, 2.45) is 11.8 Å². The van der Waals surface area contributed by atoms with E-state index >= 15 is 0 Å². The smallest absolute Gasteiger partial charge is 0.0199 e. The summed E-state index contributed by atoms with van der Waals surface area (Å²) in [4.78, 5) is 0. The Bertz CT molecular complexity index is 168. The SMILES string of the molecule is C1=C\CC2/C=C\C(C/1)CCCC2. The van der Waals surface area contributed by atoms with Crippen LogP contribution in [0, 0.1) is 11.8 Å². The van der Waals surface area contributed by atoms with Crippen LogP contribution in [-0.4, -0.2) is 0 Å². The van der Waals surface area contributed by atoms with E-state index in [1.54, 1.807) is 0 Å². The number of rotatable bonds is 0. The molecule has 66 valence electrons. The highest BCUT2D eigenvalue weighted by Gasteiger charge is 2.12. The predicted octanol–water partition coefficient (Wildman–Crippen LogP) is 3.70. The van der Waals surface area contributed by atoms with Gasteiger partial charge in [-0.25, -0.2) is 0 Å². The minimum absolute atomic E-state index is 0.851. The normalized spacial score (nSPS) is 40.7. The van der Waals surface area contributed by atoms with Gasteiger partial charge in [-0.3, -0.25) is 0 Å². The average molecular weight is 162 g/mol. The summed E-state index contributed by atoms with van der Waals surface area (Å²) < 4.78 is 0. The number of fused-ring (bicyclic) bond motifs is 2. The van der Waals surface area contributed by atoms with E-state index in [1.165, 1.54) is 38.5 Å². The van der Waals surface area contributed by atoms with Crippen molar-refractivity contribution in [2.45, 2.75) is 38.5 Å². The van der Waals surface area contributed by atoms with Gasteiger partial charge in [0.2, 0.25) is 0 Å². The maximum Gasteiger partial charge on any atom is -0.0199 e. The summed E-state index contributed by atoms with van der Waals surface area (Å²) in [5.74, 6) is 1.70. The topological polar surface area (TPSA) is 0 Å². The fourth-order valence-corrected chi connectivity index (χ4v) is 2.25. The molecule has 0 aromatic rings. The van der Waals surface area contributed by atoms with Crippen LogP contribution < -0.4 is 0 Å². The first-order chi connectivity index (χ1) is 5.95. The van der Waals surface area contributed by atoms with Gasteiger partial charge in [-0.15, -0.1) is 0 Å². The minimum Gasteiger partial charge on any atom is -0.0879 e. The standard InChI is InChI=1S/C12H18/c1-2-6-12-8-4-3-7-11(5-1)9-10-12/h1-2,9-12H,3-8H2/b2-1-,10-9-. The number of allylic oxidation sites excluding steroid dienone is 4. The van der Waals surface area contributed by atoms with Crippen LogP contribution in [-0.2, 0) is 0 Å². The van der Waals surface area contributed by atoms with Crippen LogP contribution in [0.5, 0.6) is 0 Å². The number of hydrogen-bond donors (Lipinski definition) is 0. The Morgan fingerprint density at radius 2 is 1.25 bits per heavy atom. The highest BCUT2D eigenvalue weighted by atomic mass is 14.2. The van der Waals surface area contributed by atoms with E-state index in [-0.39, 0.29) is 0 Å². The van der Waals surface area contributed by atoms with Crippen molar-refractivity contribution in [1.29, 1.82) is 0 Å². The highest BCUT2D eigenvalue weighted by molar-refractivity contribution is 5.03. The maximum atomic E-state index is 2.47. The average Bonchev–Trinajstić information content (AvgIpc) is 2.03. The summed E-state index contributed by atoms with van der Waals surface area (Å²) in [5, 5.41) is 0. The highest BCUT2D eigenvalue weighted by Crippen LogP contribution is 2.27. The first-order valence-corrected chi connectivity index (χ1v) is 5.28. The second-order valence-electron chi connectivity index (χ2n) is 4.13. The zero-order valence-corrected chi connectivity index (χ0v) is 7.71. The summed E-state index contributed by atoms with van der Waals surface area (Å²) in [7, 11) is 0. The molecule has 0 amide bonds. The molecule has 0 N–H and O–H groups in total. The monoisotopic (exact) mass is 162 g/mol. The zero-order chi connectivity index (χ0) is 8.23. The molecular weight excluding hydrogens is 144 g/mol. The second kappa shape index (κ2) is 3.93. The molecule has 0 saturated heterocycles. The molecule has 2 bridgehead atoms. The molecule has 0 aromatic heterocycles. The van der Waals surface area contributed by atoms with Crippen molar-refractivity contribution in [3.63, 3.8) is 0 Å². The van der Waals surface area contributed by atoms with Crippen molar-refractivity contribution in [3.05, 3.63) is 24.3 Å². The molecule has 2 atom stereocenters. The maximum absolute atomic E-state index is 2.47. The van der Waals surface area contributed by atoms with Gasteiger partial charge in [0, 0.05) is 0 Å². The van der Waals surface area contributed by atoms with E-state index in [0.29, 0.717) is 0 Å². The van der Waals surface area contributed by atoms with Gasteiger partial charge in [-0.1, -0.05) is 37.1 Å². The van der Waals surface area contributed by atoms with Crippen molar-refractivity contribution in [3.8, 4) is 0 Å². The van der Waals surface area contributed by atoms with Gasteiger partial charge in [-0.2, -0.15) is 0 Å². The molecule has 0 fully saturated rings. The molecule has 2 aliphatic carbocycles. The Hall–Kier alpha value is -0.520. The lowest BCUT2D eigenvalue weighted by molar-refractivity contribution is 0.463. The molecule has 0 nitrogen and oxygen atoms in total. The van der Waals surface area contributed by atoms with Gasteiger partial charge >= 0.3 is 0 Å². The van der Waals surface area contributed by atoms with E-state index in [9.17, 15) is 0 Å². The van der Waals surface area contributed by atoms with E-state index < -0.39 is 0 Å². The summed E-state index contributed by atoms with van der Waals surface area (Å²) in [6, 6.07) is 0. The summed E-state index contributed by atoms with van der Waals surface area (Å²) in [6.45, 7) is 0. The van der Waals surface area contributed by atoms with Gasteiger partial charge < -0.3 is 0 Å². The van der Waals surface area contributed by atoms with Crippen molar-refractivity contribution < 1.29 is 0 Å². The zero-order valence-electron chi connectivity index (χ0n) is 7.71. The van der Waals surface area contributed by atoms with Crippen LogP contribution in [0.1, 0.15) is 38.5 Å². The lowest BCUT2D eigenvalue weighted by Gasteiger charge is -2.20. The molecule has 0 aromatic carbocycles. The first-order valence-electron chi connectivity index (χ1n) is 5.28. The van der Waals surface area contributed by atoms with E-state index in [2.05, 4.69) is 24.3 Å². The van der Waals surface area contributed by atoms with Crippen LogP contribution in [0.3, 0.4) is 0 Å². The molecule has 0 radical (unpaired) electrons.